The molecule has 0 aliphatic carbocycles. The van der Waals surface area contributed by atoms with Gasteiger partial charge in [-0.3, -0.25) is 9.69 Å². The number of aryl methyl sites for hydroxylation is 1. The number of rotatable bonds is 3. The third-order valence-electron chi connectivity index (χ3n) is 2.81. The topological polar surface area (TPSA) is 77.7 Å². The van der Waals surface area contributed by atoms with Gasteiger partial charge < -0.3 is 9.47 Å². The van der Waals surface area contributed by atoms with E-state index in [2.05, 4.69) is 14.9 Å². The monoisotopic (exact) mass is 241 g/mol. The van der Waals surface area contributed by atoms with Crippen molar-refractivity contribution < 1.29 is 18.9 Å². The molecule has 1 atom stereocenters. The zero-order chi connectivity index (χ0) is 12.3. The molecule has 0 spiro atoms. The fraction of sp³-hybridized carbons (Fsp3) is 0.700. The lowest BCUT2D eigenvalue weighted by molar-refractivity contribution is -0.153. The molecule has 1 aromatic heterocycles. The van der Waals surface area contributed by atoms with Crippen molar-refractivity contribution >= 4 is 5.97 Å². The van der Waals surface area contributed by atoms with E-state index in [1.807, 2.05) is 11.8 Å². The summed E-state index contributed by atoms with van der Waals surface area (Å²) in [7, 11) is 1.37. The Bertz CT molecular complexity index is 393. The minimum atomic E-state index is -0.384. The highest BCUT2D eigenvalue weighted by Crippen LogP contribution is 2.13. The Balaban J connectivity index is 2.06. The second-order valence-corrected chi connectivity index (χ2v) is 3.88. The minimum Gasteiger partial charge on any atom is -0.468 e. The summed E-state index contributed by atoms with van der Waals surface area (Å²) in [4.78, 5) is 13.5. The smallest absolute Gasteiger partial charge is 0.325 e. The molecule has 94 valence electrons. The summed E-state index contributed by atoms with van der Waals surface area (Å²) in [5.74, 6) is -0.293. The summed E-state index contributed by atoms with van der Waals surface area (Å²) >= 11 is 0. The normalized spacial score (nSPS) is 21.4. The van der Waals surface area contributed by atoms with E-state index in [0.29, 0.717) is 26.3 Å². The van der Waals surface area contributed by atoms with E-state index in [1.54, 1.807) is 0 Å². The standard InChI is InChI=1S/C10H15N3O4/c1-7-8(12-17-11-7)5-13-3-4-16-6-9(13)10(14)15-2/h9H,3-6H2,1-2H3. The average molecular weight is 241 g/mol. The number of ether oxygens (including phenoxy) is 2. The number of morpholine rings is 1. The van der Waals surface area contributed by atoms with Gasteiger partial charge in [-0.15, -0.1) is 0 Å². The van der Waals surface area contributed by atoms with Gasteiger partial charge in [0.15, 0.2) is 0 Å². The Kier molecular flexibility index (Phi) is 3.70. The highest BCUT2D eigenvalue weighted by Gasteiger charge is 2.31. The number of methoxy groups -OCH3 is 1. The van der Waals surface area contributed by atoms with Crippen molar-refractivity contribution in [3.05, 3.63) is 11.4 Å². The molecule has 0 radical (unpaired) electrons. The SMILES string of the molecule is COC(=O)C1COCCN1Cc1nonc1C. The van der Waals surface area contributed by atoms with E-state index in [4.69, 9.17) is 9.47 Å². The number of carbonyl (C=O) groups excluding carboxylic acids is 1. The third-order valence-corrected chi connectivity index (χ3v) is 2.81. The van der Waals surface area contributed by atoms with E-state index in [-0.39, 0.29) is 12.0 Å². The zero-order valence-corrected chi connectivity index (χ0v) is 9.88. The van der Waals surface area contributed by atoms with Gasteiger partial charge in [0, 0.05) is 13.1 Å². The summed E-state index contributed by atoms with van der Waals surface area (Å²) in [6.07, 6.45) is 0. The molecule has 17 heavy (non-hydrogen) atoms. The molecule has 1 aliphatic heterocycles. The number of aromatic nitrogens is 2. The predicted octanol–water partition coefficient (Wildman–Crippen LogP) is -0.248. The van der Waals surface area contributed by atoms with Crippen LogP contribution in [0, 0.1) is 6.92 Å². The second kappa shape index (κ2) is 5.24. The van der Waals surface area contributed by atoms with Crippen LogP contribution >= 0.6 is 0 Å². The van der Waals surface area contributed by atoms with Crippen molar-refractivity contribution in [1.29, 1.82) is 0 Å². The van der Waals surface area contributed by atoms with Crippen LogP contribution in [0.5, 0.6) is 0 Å². The van der Waals surface area contributed by atoms with Crippen LogP contribution < -0.4 is 0 Å². The largest absolute Gasteiger partial charge is 0.468 e. The minimum absolute atomic E-state index is 0.293. The quantitative estimate of drug-likeness (QED) is 0.675. The van der Waals surface area contributed by atoms with Crippen LogP contribution in [-0.2, 0) is 20.8 Å². The van der Waals surface area contributed by atoms with Gasteiger partial charge in [0.1, 0.15) is 17.4 Å². The molecule has 0 bridgehead atoms. The Morgan fingerprint density at radius 3 is 3.06 bits per heavy atom. The second-order valence-electron chi connectivity index (χ2n) is 3.88. The molecule has 0 saturated carbocycles. The first kappa shape index (κ1) is 12.0. The molecule has 0 amide bonds. The fourth-order valence-corrected chi connectivity index (χ4v) is 1.77. The molecule has 1 aromatic rings. The van der Waals surface area contributed by atoms with Gasteiger partial charge in [-0.2, -0.15) is 0 Å². The van der Waals surface area contributed by atoms with Crippen molar-refractivity contribution in [3.63, 3.8) is 0 Å². The molecule has 2 heterocycles. The Labute approximate surface area is 98.6 Å². The van der Waals surface area contributed by atoms with Gasteiger partial charge in [0.05, 0.1) is 20.3 Å². The zero-order valence-electron chi connectivity index (χ0n) is 9.88. The van der Waals surface area contributed by atoms with Crippen LogP contribution in [0.4, 0.5) is 0 Å². The van der Waals surface area contributed by atoms with Crippen molar-refractivity contribution in [2.75, 3.05) is 26.9 Å². The molecule has 1 fully saturated rings. The van der Waals surface area contributed by atoms with E-state index < -0.39 is 0 Å². The Morgan fingerprint density at radius 2 is 2.41 bits per heavy atom. The maximum absolute atomic E-state index is 11.6. The Morgan fingerprint density at radius 1 is 1.59 bits per heavy atom. The van der Waals surface area contributed by atoms with Crippen LogP contribution in [0.1, 0.15) is 11.4 Å². The number of hydrogen-bond acceptors (Lipinski definition) is 7. The van der Waals surface area contributed by atoms with Crippen LogP contribution in [0.15, 0.2) is 4.63 Å². The van der Waals surface area contributed by atoms with Gasteiger partial charge >= 0.3 is 5.97 Å². The summed E-state index contributed by atoms with van der Waals surface area (Å²) in [6.45, 7) is 3.93. The molecule has 0 aromatic carbocycles. The van der Waals surface area contributed by atoms with Crippen molar-refractivity contribution in [2.45, 2.75) is 19.5 Å². The number of carbonyl (C=O) groups is 1. The van der Waals surface area contributed by atoms with E-state index >= 15 is 0 Å². The predicted molar refractivity (Wildman–Crippen MR) is 56.1 cm³/mol. The summed E-state index contributed by atoms with van der Waals surface area (Å²) in [5, 5.41) is 7.52. The van der Waals surface area contributed by atoms with E-state index in [1.165, 1.54) is 7.11 Å². The maximum atomic E-state index is 11.6. The summed E-state index contributed by atoms with van der Waals surface area (Å²) < 4.78 is 14.7. The number of esters is 1. The highest BCUT2D eigenvalue weighted by molar-refractivity contribution is 5.75. The molecule has 1 saturated heterocycles. The van der Waals surface area contributed by atoms with E-state index in [9.17, 15) is 4.79 Å². The molecular weight excluding hydrogens is 226 g/mol. The molecule has 1 aliphatic rings. The lowest BCUT2D eigenvalue weighted by Gasteiger charge is -2.32. The lowest BCUT2D eigenvalue weighted by Crippen LogP contribution is -2.49. The molecule has 7 heteroatoms. The van der Waals surface area contributed by atoms with Gasteiger partial charge in [-0.25, -0.2) is 4.63 Å². The molecule has 0 N–H and O–H groups in total. The molecular formula is C10H15N3O4. The summed E-state index contributed by atoms with van der Waals surface area (Å²) in [5.41, 5.74) is 1.47. The van der Waals surface area contributed by atoms with Gasteiger partial charge in [0.25, 0.3) is 0 Å². The fourth-order valence-electron chi connectivity index (χ4n) is 1.77. The van der Waals surface area contributed by atoms with Crippen molar-refractivity contribution in [1.82, 2.24) is 15.2 Å². The first-order chi connectivity index (χ1) is 8.22. The molecule has 2 rings (SSSR count). The van der Waals surface area contributed by atoms with Gasteiger partial charge in [0.2, 0.25) is 0 Å². The Hall–Kier alpha value is -1.47. The van der Waals surface area contributed by atoms with Gasteiger partial charge in [-0.05, 0) is 6.92 Å². The lowest BCUT2D eigenvalue weighted by atomic mass is 10.2. The maximum Gasteiger partial charge on any atom is 0.325 e. The van der Waals surface area contributed by atoms with Crippen molar-refractivity contribution in [2.24, 2.45) is 0 Å². The first-order valence-electron chi connectivity index (χ1n) is 5.40. The number of nitrogens with zero attached hydrogens (tertiary/aromatic N) is 3. The van der Waals surface area contributed by atoms with Crippen LogP contribution in [0.3, 0.4) is 0 Å². The summed E-state index contributed by atoms with van der Waals surface area (Å²) in [6, 6.07) is -0.384. The molecule has 1 unspecified atom stereocenters. The van der Waals surface area contributed by atoms with E-state index in [0.717, 1.165) is 11.4 Å². The average Bonchev–Trinajstić information content (AvgIpc) is 2.75. The van der Waals surface area contributed by atoms with Crippen molar-refractivity contribution in [3.8, 4) is 0 Å². The van der Waals surface area contributed by atoms with Gasteiger partial charge in [-0.1, -0.05) is 10.3 Å². The third kappa shape index (κ3) is 2.62. The van der Waals surface area contributed by atoms with Crippen LogP contribution in [0.2, 0.25) is 0 Å². The molecule has 7 nitrogen and oxygen atoms in total. The van der Waals surface area contributed by atoms with Crippen LogP contribution in [0.25, 0.3) is 0 Å². The highest BCUT2D eigenvalue weighted by atomic mass is 16.6. The number of hydrogen-bond donors (Lipinski definition) is 0. The van der Waals surface area contributed by atoms with Crippen LogP contribution in [-0.4, -0.2) is 54.1 Å². The first-order valence-corrected chi connectivity index (χ1v) is 5.40.